The van der Waals surface area contributed by atoms with E-state index in [-0.39, 0.29) is 5.12 Å². The molecule has 0 radical (unpaired) electrons. The molecule has 4 unspecified atom stereocenters. The van der Waals surface area contributed by atoms with E-state index in [0.717, 1.165) is 17.3 Å². The predicted octanol–water partition coefficient (Wildman–Crippen LogP) is 2.79. The normalized spacial score (nSPS) is 37.8. The molecule has 2 bridgehead atoms. The molecule has 0 spiro atoms. The zero-order valence-corrected chi connectivity index (χ0v) is 14.3. The third kappa shape index (κ3) is 1.87. The molecule has 0 N–H and O–H groups in total. The van der Waals surface area contributed by atoms with E-state index in [1.165, 1.54) is 23.5 Å². The molecule has 3 heterocycles. The van der Waals surface area contributed by atoms with Gasteiger partial charge in [-0.3, -0.25) is 14.4 Å². The van der Waals surface area contributed by atoms with Crippen molar-refractivity contribution in [2.24, 2.45) is 11.8 Å². The van der Waals surface area contributed by atoms with E-state index in [1.54, 1.807) is 6.08 Å². The van der Waals surface area contributed by atoms with Gasteiger partial charge in [0.15, 0.2) is 0 Å². The Bertz CT molecular complexity index is 734. The average molecular weight is 364 g/mol. The highest BCUT2D eigenvalue weighted by Gasteiger charge is 2.79. The SMILES string of the molecule is C=CCSC12SC(=O)C(c3ccccc3)(S1)C1C(=O)OC(=O)C12. The van der Waals surface area contributed by atoms with Gasteiger partial charge < -0.3 is 4.74 Å². The van der Waals surface area contributed by atoms with E-state index in [0.29, 0.717) is 5.75 Å². The van der Waals surface area contributed by atoms with E-state index in [2.05, 4.69) is 6.58 Å². The summed E-state index contributed by atoms with van der Waals surface area (Å²) in [5.74, 6) is -1.84. The molecule has 118 valence electrons. The van der Waals surface area contributed by atoms with Crippen LogP contribution in [0.1, 0.15) is 5.56 Å². The van der Waals surface area contributed by atoms with Crippen molar-refractivity contribution < 1.29 is 19.1 Å². The van der Waals surface area contributed by atoms with Crippen molar-refractivity contribution in [1.82, 2.24) is 0 Å². The maximum atomic E-state index is 12.9. The van der Waals surface area contributed by atoms with Crippen LogP contribution >= 0.6 is 35.3 Å². The van der Waals surface area contributed by atoms with Gasteiger partial charge in [0.2, 0.25) is 5.12 Å². The van der Waals surface area contributed by atoms with E-state index >= 15 is 0 Å². The summed E-state index contributed by atoms with van der Waals surface area (Å²) in [4.78, 5) is 37.5. The first kappa shape index (κ1) is 15.4. The lowest BCUT2D eigenvalue weighted by molar-refractivity contribution is -0.154. The second-order valence-electron chi connectivity index (χ2n) is 5.49. The molecular weight excluding hydrogens is 352 g/mol. The predicted molar refractivity (Wildman–Crippen MR) is 91.8 cm³/mol. The topological polar surface area (TPSA) is 60.4 Å². The zero-order valence-electron chi connectivity index (χ0n) is 11.9. The lowest BCUT2D eigenvalue weighted by atomic mass is 9.79. The molecule has 0 saturated carbocycles. The van der Waals surface area contributed by atoms with Crippen LogP contribution in [-0.4, -0.2) is 26.2 Å². The molecule has 0 aromatic heterocycles. The van der Waals surface area contributed by atoms with Crippen LogP contribution in [0.15, 0.2) is 43.0 Å². The Balaban J connectivity index is 1.90. The second kappa shape index (κ2) is 5.16. The van der Waals surface area contributed by atoms with Crippen LogP contribution in [0.5, 0.6) is 0 Å². The molecule has 7 heteroatoms. The van der Waals surface area contributed by atoms with E-state index < -0.39 is 31.9 Å². The molecule has 0 amide bonds. The Morgan fingerprint density at radius 2 is 1.87 bits per heavy atom. The average Bonchev–Trinajstić information content (AvgIpc) is 3.13. The number of hydrogen-bond donors (Lipinski definition) is 0. The van der Waals surface area contributed by atoms with Crippen molar-refractivity contribution in [2.45, 2.75) is 8.16 Å². The van der Waals surface area contributed by atoms with Crippen LogP contribution in [0.3, 0.4) is 0 Å². The summed E-state index contributed by atoms with van der Waals surface area (Å²) in [6.45, 7) is 3.71. The number of ether oxygens (including phenoxy) is 1. The summed E-state index contributed by atoms with van der Waals surface area (Å²) in [6, 6.07) is 9.24. The van der Waals surface area contributed by atoms with Crippen LogP contribution in [0.4, 0.5) is 0 Å². The van der Waals surface area contributed by atoms with Crippen molar-refractivity contribution in [3.63, 3.8) is 0 Å². The highest BCUT2D eigenvalue weighted by molar-refractivity contribution is 8.42. The van der Waals surface area contributed by atoms with Crippen LogP contribution < -0.4 is 0 Å². The molecule has 4 atom stereocenters. The molecule has 4 nitrogen and oxygen atoms in total. The summed E-state index contributed by atoms with van der Waals surface area (Å²) < 4.78 is 3.17. The standard InChI is InChI=1S/C16H12O4S3/c1-2-8-21-16-11-10(12(17)20-13(11)18)15(23-16,14(19)22-16)9-6-4-3-5-7-9/h2-7,10-11H,1,8H2. The van der Waals surface area contributed by atoms with Gasteiger partial charge in [-0.1, -0.05) is 48.2 Å². The summed E-state index contributed by atoms with van der Waals surface area (Å²) in [7, 11) is 0. The molecule has 0 aliphatic carbocycles. The molecule has 4 rings (SSSR count). The number of rotatable bonds is 4. The monoisotopic (exact) mass is 364 g/mol. The van der Waals surface area contributed by atoms with Crippen LogP contribution in [0.2, 0.25) is 0 Å². The van der Waals surface area contributed by atoms with Gasteiger partial charge in [0.25, 0.3) is 0 Å². The lowest BCUT2D eigenvalue weighted by Crippen LogP contribution is -2.43. The van der Waals surface area contributed by atoms with Gasteiger partial charge in [-0.15, -0.1) is 30.1 Å². The summed E-state index contributed by atoms with van der Waals surface area (Å²) in [5.41, 5.74) is 0.766. The minimum Gasteiger partial charge on any atom is -0.393 e. The first-order chi connectivity index (χ1) is 11.0. The number of thioether (sulfide) groups is 3. The molecular formula is C16H12O4S3. The van der Waals surface area contributed by atoms with Crippen LogP contribution in [0.25, 0.3) is 0 Å². The van der Waals surface area contributed by atoms with Crippen LogP contribution in [0, 0.1) is 11.8 Å². The Morgan fingerprint density at radius 1 is 1.17 bits per heavy atom. The molecule has 1 aromatic carbocycles. The number of benzene rings is 1. The maximum absolute atomic E-state index is 12.9. The fourth-order valence-corrected chi connectivity index (χ4v) is 9.24. The minimum absolute atomic E-state index is 0.0711. The Morgan fingerprint density at radius 3 is 2.57 bits per heavy atom. The molecule has 3 aliphatic rings. The fourth-order valence-electron chi connectivity index (χ4n) is 3.42. The van der Waals surface area contributed by atoms with Gasteiger partial charge >= 0.3 is 11.9 Å². The van der Waals surface area contributed by atoms with Crippen molar-refractivity contribution in [1.29, 1.82) is 0 Å². The second-order valence-corrected chi connectivity index (χ2v) is 10.2. The maximum Gasteiger partial charge on any atom is 0.320 e. The highest BCUT2D eigenvalue weighted by atomic mass is 32.3. The van der Waals surface area contributed by atoms with Gasteiger partial charge in [-0.25, -0.2) is 0 Å². The van der Waals surface area contributed by atoms with Crippen LogP contribution in [-0.2, 0) is 23.9 Å². The molecule has 3 fully saturated rings. The highest BCUT2D eigenvalue weighted by Crippen LogP contribution is 2.78. The first-order valence-electron chi connectivity index (χ1n) is 7.05. The van der Waals surface area contributed by atoms with Crippen molar-refractivity contribution in [2.75, 3.05) is 5.75 Å². The summed E-state index contributed by atoms with van der Waals surface area (Å²) in [5, 5.41) is -0.0711. The van der Waals surface area contributed by atoms with Gasteiger partial charge in [0, 0.05) is 5.75 Å². The first-order valence-corrected chi connectivity index (χ1v) is 9.66. The van der Waals surface area contributed by atoms with Gasteiger partial charge in [0.05, 0.1) is 0 Å². The molecule has 3 saturated heterocycles. The molecule has 23 heavy (non-hydrogen) atoms. The summed E-state index contributed by atoms with van der Waals surface area (Å²) in [6.07, 6.45) is 1.74. The van der Waals surface area contributed by atoms with Gasteiger partial charge in [-0.2, -0.15) is 0 Å². The molecule has 3 aliphatic heterocycles. The van der Waals surface area contributed by atoms with E-state index in [4.69, 9.17) is 4.74 Å². The number of hydrogen-bond acceptors (Lipinski definition) is 7. The van der Waals surface area contributed by atoms with Crippen molar-refractivity contribution in [3.05, 3.63) is 48.6 Å². The largest absolute Gasteiger partial charge is 0.393 e. The number of carbonyl (C=O) groups is 3. The smallest absolute Gasteiger partial charge is 0.320 e. The quantitative estimate of drug-likeness (QED) is 0.462. The number of esters is 2. The molecule has 1 aromatic rings. The van der Waals surface area contributed by atoms with Crippen molar-refractivity contribution in [3.8, 4) is 0 Å². The van der Waals surface area contributed by atoms with E-state index in [9.17, 15) is 14.4 Å². The third-order valence-electron chi connectivity index (χ3n) is 4.31. The Hall–Kier alpha value is -1.18. The Labute approximate surface area is 145 Å². The van der Waals surface area contributed by atoms with E-state index in [1.807, 2.05) is 30.3 Å². The fraction of sp³-hybridized carbons (Fsp3) is 0.312. The minimum atomic E-state index is -1.03. The van der Waals surface area contributed by atoms with Gasteiger partial charge in [-0.05, 0) is 5.56 Å². The van der Waals surface area contributed by atoms with Crippen molar-refractivity contribution >= 4 is 52.3 Å². The number of cyclic esters (lactones) is 2. The third-order valence-corrected chi connectivity index (χ3v) is 9.78. The Kier molecular flexibility index (Phi) is 3.44. The number of carbonyl (C=O) groups excluding carboxylic acids is 3. The summed E-state index contributed by atoms with van der Waals surface area (Å²) >= 11 is 4.09. The number of fused-ring (bicyclic) bond motifs is 5. The zero-order chi connectivity index (χ0) is 16.2. The lowest BCUT2D eigenvalue weighted by Gasteiger charge is -2.30. The van der Waals surface area contributed by atoms with Gasteiger partial charge in [0.1, 0.15) is 20.0 Å².